The molecule has 0 aliphatic carbocycles. The Balaban J connectivity index is 1.35. The van der Waals surface area contributed by atoms with Gasteiger partial charge < -0.3 is 5.32 Å². The summed E-state index contributed by atoms with van der Waals surface area (Å²) in [6.45, 7) is 4.89. The molecule has 2 N–H and O–H groups in total. The summed E-state index contributed by atoms with van der Waals surface area (Å²) in [5, 5.41) is 12.7. The molecule has 34 heavy (non-hydrogen) atoms. The van der Waals surface area contributed by atoms with Crippen LogP contribution in [0.1, 0.15) is 49.6 Å². The zero-order valence-corrected chi connectivity index (χ0v) is 18.8. The molecule has 0 aliphatic rings. The molecule has 176 valence electrons. The summed E-state index contributed by atoms with van der Waals surface area (Å²) in [5.74, 6) is -0.858. The Morgan fingerprint density at radius 2 is 1.65 bits per heavy atom. The monoisotopic (exact) mass is 467 g/mol. The molecule has 9 heteroatoms. The maximum atomic E-state index is 12.9. The molecular formula is C25H24F3N5O. The Labute approximate surface area is 194 Å². The zero-order chi connectivity index (χ0) is 24.3. The number of hydrogen-bond donors (Lipinski definition) is 2. The number of nitrogens with zero attached hydrogens (tertiary/aromatic N) is 3. The summed E-state index contributed by atoms with van der Waals surface area (Å²) in [6, 6.07) is 15.9. The first-order chi connectivity index (χ1) is 16.2. The van der Waals surface area contributed by atoms with Gasteiger partial charge in [0.1, 0.15) is 11.3 Å². The van der Waals surface area contributed by atoms with E-state index in [4.69, 9.17) is 5.10 Å². The van der Waals surface area contributed by atoms with Gasteiger partial charge in [0, 0.05) is 19.2 Å². The van der Waals surface area contributed by atoms with E-state index in [1.807, 2.05) is 42.1 Å². The van der Waals surface area contributed by atoms with Gasteiger partial charge in [0.2, 0.25) is 0 Å². The third-order valence-corrected chi connectivity index (χ3v) is 5.53. The van der Waals surface area contributed by atoms with Crippen LogP contribution < -0.4 is 5.32 Å². The minimum absolute atomic E-state index is 0.0969. The molecule has 4 aromatic rings. The fraction of sp³-hybridized carbons (Fsp3) is 0.240. The van der Waals surface area contributed by atoms with Crippen molar-refractivity contribution in [2.24, 2.45) is 0 Å². The molecule has 0 saturated carbocycles. The summed E-state index contributed by atoms with van der Waals surface area (Å²) >= 11 is 0. The summed E-state index contributed by atoms with van der Waals surface area (Å²) in [6.07, 6.45) is -1.35. The molecule has 0 fully saturated rings. The van der Waals surface area contributed by atoms with Gasteiger partial charge in [0.05, 0.1) is 18.4 Å². The molecule has 0 unspecified atom stereocenters. The van der Waals surface area contributed by atoms with Crippen LogP contribution in [0.25, 0.3) is 0 Å². The largest absolute Gasteiger partial charge is 0.420 e. The van der Waals surface area contributed by atoms with Crippen molar-refractivity contribution in [3.63, 3.8) is 0 Å². The molecule has 2 heterocycles. The van der Waals surface area contributed by atoms with Gasteiger partial charge in [-0.2, -0.15) is 23.4 Å². The molecule has 2 aromatic carbocycles. The summed E-state index contributed by atoms with van der Waals surface area (Å²) in [4.78, 5) is 12.1. The number of carbonyl (C=O) groups excluding carboxylic acids is 1. The molecule has 4 rings (SSSR count). The van der Waals surface area contributed by atoms with Crippen LogP contribution in [0.15, 0.2) is 60.9 Å². The second-order valence-corrected chi connectivity index (χ2v) is 8.27. The number of nitrogens with one attached hydrogen (secondary N) is 2. The maximum Gasteiger partial charge on any atom is 0.420 e. The Bertz CT molecular complexity index is 1270. The molecule has 0 saturated heterocycles. The quantitative estimate of drug-likeness (QED) is 0.410. The van der Waals surface area contributed by atoms with Gasteiger partial charge in [-0.05, 0) is 36.1 Å². The van der Waals surface area contributed by atoms with Crippen molar-refractivity contribution < 1.29 is 18.0 Å². The first-order valence-corrected chi connectivity index (χ1v) is 10.7. The van der Waals surface area contributed by atoms with E-state index in [1.54, 1.807) is 0 Å². The standard InChI is InChI=1S/C25H24F3N5O/c1-16-3-5-20(6-4-16)15-33-14-17(2)22(32-33)11-18-7-9-19(10-8-18)12-29-24(34)23-21(13-30-31-23)25(26,27)28/h3-10,13-14H,11-12,15H2,1-2H3,(H,29,34)(H,30,31). The highest BCUT2D eigenvalue weighted by Gasteiger charge is 2.37. The highest BCUT2D eigenvalue weighted by atomic mass is 19.4. The van der Waals surface area contributed by atoms with Gasteiger partial charge in [0.25, 0.3) is 5.91 Å². The summed E-state index contributed by atoms with van der Waals surface area (Å²) in [5.41, 5.74) is 4.62. The predicted molar refractivity (Wildman–Crippen MR) is 121 cm³/mol. The number of alkyl halides is 3. The third-order valence-electron chi connectivity index (χ3n) is 5.53. The molecule has 6 nitrogen and oxygen atoms in total. The number of aromatic nitrogens is 4. The number of H-pyrrole nitrogens is 1. The SMILES string of the molecule is Cc1ccc(Cn2cc(C)c(Cc3ccc(CNC(=O)c4[nH]ncc4C(F)(F)F)cc3)n2)cc1. The molecular weight excluding hydrogens is 443 g/mol. The van der Waals surface area contributed by atoms with Gasteiger partial charge >= 0.3 is 6.18 Å². The maximum absolute atomic E-state index is 12.9. The highest BCUT2D eigenvalue weighted by molar-refractivity contribution is 5.93. The smallest absolute Gasteiger partial charge is 0.347 e. The molecule has 1 amide bonds. The van der Waals surface area contributed by atoms with Gasteiger partial charge in [-0.25, -0.2) is 0 Å². The first kappa shape index (κ1) is 23.3. The number of rotatable bonds is 7. The average molecular weight is 467 g/mol. The number of hydrogen-bond acceptors (Lipinski definition) is 3. The van der Waals surface area contributed by atoms with Crippen molar-refractivity contribution in [1.29, 1.82) is 0 Å². The van der Waals surface area contributed by atoms with E-state index in [1.165, 1.54) is 11.1 Å². The minimum atomic E-state index is -4.65. The van der Waals surface area contributed by atoms with Crippen LogP contribution >= 0.6 is 0 Å². The van der Waals surface area contributed by atoms with E-state index in [9.17, 15) is 18.0 Å². The lowest BCUT2D eigenvalue weighted by Gasteiger charge is -2.08. The fourth-order valence-electron chi connectivity index (χ4n) is 3.61. The lowest BCUT2D eigenvalue weighted by molar-refractivity contribution is -0.137. The molecule has 0 radical (unpaired) electrons. The van der Waals surface area contributed by atoms with Crippen molar-refractivity contribution in [3.05, 3.63) is 106 Å². The number of aryl methyl sites for hydroxylation is 2. The van der Waals surface area contributed by atoms with Crippen LogP contribution in [0, 0.1) is 13.8 Å². The lowest BCUT2D eigenvalue weighted by atomic mass is 10.1. The van der Waals surface area contributed by atoms with Crippen LogP contribution in [-0.2, 0) is 25.7 Å². The van der Waals surface area contributed by atoms with E-state index >= 15 is 0 Å². The third kappa shape index (κ3) is 5.54. The van der Waals surface area contributed by atoms with Crippen LogP contribution in [0.4, 0.5) is 13.2 Å². The van der Waals surface area contributed by atoms with Gasteiger partial charge in [-0.3, -0.25) is 14.6 Å². The van der Waals surface area contributed by atoms with Crippen molar-refractivity contribution >= 4 is 5.91 Å². The van der Waals surface area contributed by atoms with Crippen molar-refractivity contribution in [1.82, 2.24) is 25.3 Å². The second-order valence-electron chi connectivity index (χ2n) is 8.27. The molecule has 0 bridgehead atoms. The van der Waals surface area contributed by atoms with E-state index < -0.39 is 23.3 Å². The van der Waals surface area contributed by atoms with Crippen LogP contribution in [0.2, 0.25) is 0 Å². The summed E-state index contributed by atoms with van der Waals surface area (Å²) in [7, 11) is 0. The van der Waals surface area contributed by atoms with E-state index in [0.29, 0.717) is 19.2 Å². The van der Waals surface area contributed by atoms with Crippen LogP contribution in [-0.4, -0.2) is 25.9 Å². The fourth-order valence-corrected chi connectivity index (χ4v) is 3.61. The average Bonchev–Trinajstić information content (AvgIpc) is 3.42. The lowest BCUT2D eigenvalue weighted by Crippen LogP contribution is -2.25. The minimum Gasteiger partial charge on any atom is -0.347 e. The van der Waals surface area contributed by atoms with E-state index in [-0.39, 0.29) is 6.54 Å². The Kier molecular flexibility index (Phi) is 6.54. The molecule has 0 atom stereocenters. The van der Waals surface area contributed by atoms with E-state index in [2.05, 4.69) is 46.7 Å². The second kappa shape index (κ2) is 9.54. The van der Waals surface area contributed by atoms with Crippen molar-refractivity contribution in [3.8, 4) is 0 Å². The van der Waals surface area contributed by atoms with Crippen LogP contribution in [0.5, 0.6) is 0 Å². The van der Waals surface area contributed by atoms with Gasteiger partial charge in [-0.1, -0.05) is 54.1 Å². The number of aromatic amines is 1. The Morgan fingerprint density at radius 1 is 1.00 bits per heavy atom. The molecule has 0 aliphatic heterocycles. The number of benzene rings is 2. The zero-order valence-electron chi connectivity index (χ0n) is 18.8. The molecule has 2 aromatic heterocycles. The first-order valence-electron chi connectivity index (χ1n) is 10.7. The number of halogens is 3. The Morgan fingerprint density at radius 3 is 2.32 bits per heavy atom. The van der Waals surface area contributed by atoms with Gasteiger partial charge in [-0.15, -0.1) is 0 Å². The van der Waals surface area contributed by atoms with Crippen LogP contribution in [0.3, 0.4) is 0 Å². The van der Waals surface area contributed by atoms with Crippen molar-refractivity contribution in [2.75, 3.05) is 0 Å². The summed E-state index contributed by atoms with van der Waals surface area (Å²) < 4.78 is 40.7. The van der Waals surface area contributed by atoms with E-state index in [0.717, 1.165) is 22.4 Å². The highest BCUT2D eigenvalue weighted by Crippen LogP contribution is 2.30. The normalized spacial score (nSPS) is 11.6. The predicted octanol–water partition coefficient (Wildman–Crippen LogP) is 4.81. The molecule has 0 spiro atoms. The number of amides is 1. The Hall–Kier alpha value is -3.88. The van der Waals surface area contributed by atoms with Crippen molar-refractivity contribution in [2.45, 2.75) is 39.5 Å². The number of carbonyl (C=O) groups is 1. The topological polar surface area (TPSA) is 75.6 Å². The van der Waals surface area contributed by atoms with Gasteiger partial charge in [0.15, 0.2) is 0 Å².